The van der Waals surface area contributed by atoms with Crippen LogP contribution in [0.1, 0.15) is 29.9 Å². The highest BCUT2D eigenvalue weighted by molar-refractivity contribution is 5.51. The molecule has 0 saturated carbocycles. The standard InChI is InChI=1S/C22H19FN4O2/c23-15-5-6-16(24-13-15)14-29-18-8-10-26(22(28)12-18)17-7-9-27-20-4-2-1-3-19(20)25-21(27)11-17/h5-13H,1-4,14H2. The maximum absolute atomic E-state index is 12.9. The maximum atomic E-state index is 12.9. The van der Waals surface area contributed by atoms with Gasteiger partial charge in [-0.1, -0.05) is 0 Å². The molecule has 5 rings (SSSR count). The van der Waals surface area contributed by atoms with E-state index in [2.05, 4.69) is 9.38 Å². The van der Waals surface area contributed by atoms with Crippen molar-refractivity contribution in [2.75, 3.05) is 0 Å². The lowest BCUT2D eigenvalue weighted by Gasteiger charge is -2.11. The second-order valence-electron chi connectivity index (χ2n) is 7.15. The van der Waals surface area contributed by atoms with Crippen molar-refractivity contribution in [1.82, 2.24) is 18.9 Å². The van der Waals surface area contributed by atoms with Gasteiger partial charge >= 0.3 is 0 Å². The zero-order valence-corrected chi connectivity index (χ0v) is 15.7. The van der Waals surface area contributed by atoms with Crippen LogP contribution >= 0.6 is 0 Å². The lowest BCUT2D eigenvalue weighted by molar-refractivity contribution is 0.300. The zero-order chi connectivity index (χ0) is 19.8. The van der Waals surface area contributed by atoms with E-state index in [-0.39, 0.29) is 12.2 Å². The van der Waals surface area contributed by atoms with Crippen LogP contribution in [0.5, 0.6) is 5.75 Å². The molecular weight excluding hydrogens is 371 g/mol. The van der Waals surface area contributed by atoms with Gasteiger partial charge in [0.2, 0.25) is 0 Å². The second kappa shape index (κ2) is 7.16. The Morgan fingerprint density at radius 1 is 1.07 bits per heavy atom. The molecule has 7 heteroatoms. The number of halogens is 1. The van der Waals surface area contributed by atoms with E-state index in [1.165, 1.54) is 36.4 Å². The molecule has 0 amide bonds. The number of hydrogen-bond acceptors (Lipinski definition) is 4. The average molecular weight is 390 g/mol. The molecule has 0 saturated heterocycles. The first kappa shape index (κ1) is 17.6. The molecule has 4 aromatic heterocycles. The molecule has 1 aliphatic carbocycles. The number of aryl methyl sites for hydroxylation is 2. The number of rotatable bonds is 4. The third-order valence-corrected chi connectivity index (χ3v) is 5.21. The SMILES string of the molecule is O=c1cc(OCc2ccc(F)cn2)ccn1-c1ccn2c3c(nc2c1)CCCC3. The van der Waals surface area contributed by atoms with Gasteiger partial charge in [-0.05, 0) is 49.9 Å². The molecule has 4 heterocycles. The van der Waals surface area contributed by atoms with Crippen molar-refractivity contribution >= 4 is 5.65 Å². The van der Waals surface area contributed by atoms with Crippen LogP contribution in [-0.2, 0) is 19.4 Å². The van der Waals surface area contributed by atoms with E-state index in [9.17, 15) is 9.18 Å². The number of imidazole rings is 1. The van der Waals surface area contributed by atoms with Crippen LogP contribution in [0, 0.1) is 5.82 Å². The van der Waals surface area contributed by atoms with Gasteiger partial charge in [-0.25, -0.2) is 9.37 Å². The van der Waals surface area contributed by atoms with Crippen molar-refractivity contribution in [2.24, 2.45) is 0 Å². The lowest BCUT2D eigenvalue weighted by Crippen LogP contribution is -2.17. The van der Waals surface area contributed by atoms with E-state index in [1.54, 1.807) is 22.9 Å². The highest BCUT2D eigenvalue weighted by Gasteiger charge is 2.16. The van der Waals surface area contributed by atoms with Gasteiger partial charge in [0.1, 0.15) is 23.8 Å². The van der Waals surface area contributed by atoms with Crippen LogP contribution in [0.25, 0.3) is 11.3 Å². The molecular formula is C22H19FN4O2. The number of nitrogens with zero attached hydrogens (tertiary/aromatic N) is 4. The number of ether oxygens (including phenoxy) is 1. The zero-order valence-electron chi connectivity index (χ0n) is 15.7. The normalized spacial score (nSPS) is 13.4. The quantitative estimate of drug-likeness (QED) is 0.535. The lowest BCUT2D eigenvalue weighted by atomic mass is 10.0. The minimum absolute atomic E-state index is 0.162. The van der Waals surface area contributed by atoms with Crippen molar-refractivity contribution in [1.29, 1.82) is 0 Å². The average Bonchev–Trinajstić information content (AvgIpc) is 3.11. The van der Waals surface area contributed by atoms with Crippen LogP contribution in [0.2, 0.25) is 0 Å². The molecule has 6 nitrogen and oxygen atoms in total. The van der Waals surface area contributed by atoms with E-state index < -0.39 is 5.82 Å². The second-order valence-corrected chi connectivity index (χ2v) is 7.15. The molecule has 4 aromatic rings. The van der Waals surface area contributed by atoms with Gasteiger partial charge in [-0.3, -0.25) is 14.3 Å². The van der Waals surface area contributed by atoms with Gasteiger partial charge < -0.3 is 9.14 Å². The van der Waals surface area contributed by atoms with E-state index in [0.29, 0.717) is 11.4 Å². The minimum Gasteiger partial charge on any atom is -0.487 e. The summed E-state index contributed by atoms with van der Waals surface area (Å²) in [5, 5.41) is 0. The first-order valence-electron chi connectivity index (χ1n) is 9.63. The molecule has 146 valence electrons. The Morgan fingerprint density at radius 2 is 1.97 bits per heavy atom. The van der Waals surface area contributed by atoms with Gasteiger partial charge in [-0.15, -0.1) is 0 Å². The van der Waals surface area contributed by atoms with E-state index in [0.717, 1.165) is 30.4 Å². The Bertz CT molecular complexity index is 1240. The predicted octanol–water partition coefficient (Wildman–Crippen LogP) is 3.48. The molecule has 0 fully saturated rings. The van der Waals surface area contributed by atoms with E-state index >= 15 is 0 Å². The molecule has 0 bridgehead atoms. The first-order chi connectivity index (χ1) is 14.2. The maximum Gasteiger partial charge on any atom is 0.258 e. The van der Waals surface area contributed by atoms with Crippen LogP contribution in [0.3, 0.4) is 0 Å². The molecule has 29 heavy (non-hydrogen) atoms. The largest absolute Gasteiger partial charge is 0.487 e. The number of pyridine rings is 3. The smallest absolute Gasteiger partial charge is 0.258 e. The van der Waals surface area contributed by atoms with Gasteiger partial charge in [0, 0.05) is 30.2 Å². The van der Waals surface area contributed by atoms with Gasteiger partial charge in [-0.2, -0.15) is 0 Å². The summed E-state index contributed by atoms with van der Waals surface area (Å²) in [6, 6.07) is 9.90. The van der Waals surface area contributed by atoms with E-state index in [4.69, 9.17) is 9.72 Å². The third kappa shape index (κ3) is 3.40. The summed E-state index contributed by atoms with van der Waals surface area (Å²) in [5.41, 5.74) is 4.46. The Hall–Kier alpha value is -3.48. The summed E-state index contributed by atoms with van der Waals surface area (Å²) in [6.07, 6.45) is 9.24. The summed E-state index contributed by atoms with van der Waals surface area (Å²) in [5.74, 6) is 0.0429. The fourth-order valence-electron chi connectivity index (χ4n) is 3.75. The Labute approximate surface area is 166 Å². The number of hydrogen-bond donors (Lipinski definition) is 0. The molecule has 1 aliphatic rings. The highest BCUT2D eigenvalue weighted by atomic mass is 19.1. The monoisotopic (exact) mass is 390 g/mol. The summed E-state index contributed by atoms with van der Waals surface area (Å²) in [7, 11) is 0. The van der Waals surface area contributed by atoms with Crippen molar-refractivity contribution in [3.63, 3.8) is 0 Å². The molecule has 0 atom stereocenters. The van der Waals surface area contributed by atoms with Crippen LogP contribution in [0.4, 0.5) is 4.39 Å². The predicted molar refractivity (Wildman–Crippen MR) is 106 cm³/mol. The topological polar surface area (TPSA) is 61.4 Å². The molecule has 0 N–H and O–H groups in total. The van der Waals surface area contributed by atoms with Crippen molar-refractivity contribution in [3.05, 3.63) is 88.2 Å². The van der Waals surface area contributed by atoms with Crippen LogP contribution < -0.4 is 10.3 Å². The highest BCUT2D eigenvalue weighted by Crippen LogP contribution is 2.23. The fourth-order valence-corrected chi connectivity index (χ4v) is 3.75. The van der Waals surface area contributed by atoms with Gasteiger partial charge in [0.25, 0.3) is 5.56 Å². The summed E-state index contributed by atoms with van der Waals surface area (Å²) >= 11 is 0. The summed E-state index contributed by atoms with van der Waals surface area (Å²) in [6.45, 7) is 0.162. The van der Waals surface area contributed by atoms with E-state index in [1.807, 2.05) is 18.3 Å². The Morgan fingerprint density at radius 3 is 2.79 bits per heavy atom. The van der Waals surface area contributed by atoms with Crippen LogP contribution in [0.15, 0.2) is 59.8 Å². The molecule has 0 unspecified atom stereocenters. The molecule has 0 aromatic carbocycles. The van der Waals surface area contributed by atoms with Crippen LogP contribution in [-0.4, -0.2) is 18.9 Å². The number of aromatic nitrogens is 4. The summed E-state index contributed by atoms with van der Waals surface area (Å²) in [4.78, 5) is 21.3. The first-order valence-corrected chi connectivity index (χ1v) is 9.63. The summed E-state index contributed by atoms with van der Waals surface area (Å²) < 4.78 is 22.2. The molecule has 0 spiro atoms. The molecule has 0 aliphatic heterocycles. The fraction of sp³-hybridized carbons (Fsp3) is 0.227. The van der Waals surface area contributed by atoms with Crippen molar-refractivity contribution in [2.45, 2.75) is 32.3 Å². The van der Waals surface area contributed by atoms with Crippen molar-refractivity contribution < 1.29 is 9.13 Å². The number of fused-ring (bicyclic) bond motifs is 3. The Balaban J connectivity index is 1.39. The Kier molecular flexibility index (Phi) is 4.35. The minimum atomic E-state index is -0.397. The van der Waals surface area contributed by atoms with Gasteiger partial charge in [0.15, 0.2) is 0 Å². The third-order valence-electron chi connectivity index (χ3n) is 5.21. The van der Waals surface area contributed by atoms with Crippen molar-refractivity contribution in [3.8, 4) is 11.4 Å². The molecule has 0 radical (unpaired) electrons. The van der Waals surface area contributed by atoms with Gasteiger partial charge in [0.05, 0.1) is 23.3 Å².